The molecule has 0 aromatic carbocycles. The average molecular weight is 545 g/mol. The number of alkyl halides is 2. The number of anilines is 3. The SMILES string of the molecule is Cn1nc(C(F)F)cc1Nc1nncn1[C@H]1CCc2sc(NC(=O)C3CCC3)c(C(=O)NCC3CC3)c2C1. The lowest BCUT2D eigenvalue weighted by Crippen LogP contribution is -2.31. The van der Waals surface area contributed by atoms with Crippen LogP contribution in [0.15, 0.2) is 12.4 Å². The molecule has 0 spiro atoms. The van der Waals surface area contributed by atoms with Crippen molar-refractivity contribution in [3.63, 3.8) is 0 Å². The van der Waals surface area contributed by atoms with E-state index in [-0.39, 0.29) is 29.5 Å². The summed E-state index contributed by atoms with van der Waals surface area (Å²) in [6.45, 7) is 0.647. The van der Waals surface area contributed by atoms with Crippen molar-refractivity contribution in [2.75, 3.05) is 17.2 Å². The summed E-state index contributed by atoms with van der Waals surface area (Å²) >= 11 is 1.50. The second-order valence-corrected chi connectivity index (χ2v) is 11.5. The van der Waals surface area contributed by atoms with Gasteiger partial charge in [0.25, 0.3) is 12.3 Å². The molecule has 3 aromatic heterocycles. The summed E-state index contributed by atoms with van der Waals surface area (Å²) in [4.78, 5) is 27.3. The van der Waals surface area contributed by atoms with Gasteiger partial charge >= 0.3 is 0 Å². The van der Waals surface area contributed by atoms with Crippen LogP contribution in [0.2, 0.25) is 0 Å². The third-order valence-electron chi connectivity index (χ3n) is 7.75. The molecule has 3 aliphatic rings. The highest BCUT2D eigenvalue weighted by atomic mass is 32.1. The number of rotatable bonds is 9. The van der Waals surface area contributed by atoms with Crippen LogP contribution in [-0.2, 0) is 24.7 Å². The molecule has 202 valence electrons. The van der Waals surface area contributed by atoms with E-state index < -0.39 is 6.43 Å². The van der Waals surface area contributed by atoms with Gasteiger partial charge in [-0.05, 0) is 56.4 Å². The molecule has 13 heteroatoms. The zero-order valence-corrected chi connectivity index (χ0v) is 21.9. The first kappa shape index (κ1) is 25.0. The predicted octanol–water partition coefficient (Wildman–Crippen LogP) is 4.36. The van der Waals surface area contributed by atoms with E-state index in [4.69, 9.17) is 0 Å². The largest absolute Gasteiger partial charge is 0.352 e. The van der Waals surface area contributed by atoms with Crippen molar-refractivity contribution < 1.29 is 18.4 Å². The highest BCUT2D eigenvalue weighted by molar-refractivity contribution is 7.17. The van der Waals surface area contributed by atoms with Crippen molar-refractivity contribution in [1.29, 1.82) is 0 Å². The highest BCUT2D eigenvalue weighted by Crippen LogP contribution is 2.42. The average Bonchev–Trinajstić information content (AvgIpc) is 3.26. The maximum Gasteiger partial charge on any atom is 0.282 e. The molecule has 10 nitrogen and oxygen atoms in total. The summed E-state index contributed by atoms with van der Waals surface area (Å²) in [6.07, 6.45) is 6.14. The third-order valence-corrected chi connectivity index (χ3v) is 8.96. The topological polar surface area (TPSA) is 119 Å². The number of aryl methyl sites for hydroxylation is 2. The fourth-order valence-electron chi connectivity index (χ4n) is 5.09. The zero-order valence-electron chi connectivity index (χ0n) is 21.0. The Morgan fingerprint density at radius 2 is 2.03 bits per heavy atom. The van der Waals surface area contributed by atoms with Crippen molar-refractivity contribution in [2.24, 2.45) is 18.9 Å². The van der Waals surface area contributed by atoms with Crippen molar-refractivity contribution in [3.05, 3.63) is 34.1 Å². The quantitative estimate of drug-likeness (QED) is 0.368. The standard InChI is InChI=1S/C25H30F2N8O2S/c1-34-19(10-17(33-34)21(26)27)30-25-32-29-12-35(25)15-7-8-18-16(9-15)20(23(37)28-11-13-5-6-13)24(38-18)31-22(36)14-3-2-4-14/h10,12-15,21H,2-9,11H2,1H3,(H,28,37)(H,30,32)(H,31,36)/t15-/m0/s1. The van der Waals surface area contributed by atoms with Crippen LogP contribution in [0.1, 0.15) is 77.5 Å². The van der Waals surface area contributed by atoms with Crippen molar-refractivity contribution in [3.8, 4) is 0 Å². The van der Waals surface area contributed by atoms with Gasteiger partial charge in [-0.2, -0.15) is 5.10 Å². The minimum atomic E-state index is -2.67. The van der Waals surface area contributed by atoms with Crippen LogP contribution in [0.25, 0.3) is 0 Å². The van der Waals surface area contributed by atoms with E-state index in [9.17, 15) is 18.4 Å². The van der Waals surface area contributed by atoms with E-state index in [1.54, 1.807) is 13.4 Å². The molecule has 38 heavy (non-hydrogen) atoms. The molecule has 2 saturated carbocycles. The van der Waals surface area contributed by atoms with Crippen molar-refractivity contribution in [2.45, 2.75) is 63.8 Å². The van der Waals surface area contributed by atoms with Gasteiger partial charge in [-0.1, -0.05) is 6.42 Å². The molecule has 0 aliphatic heterocycles. The van der Waals surface area contributed by atoms with Crippen LogP contribution < -0.4 is 16.0 Å². The molecule has 0 bridgehead atoms. The molecule has 2 amide bonds. The Kier molecular flexibility index (Phi) is 6.62. The molecule has 0 unspecified atom stereocenters. The first-order chi connectivity index (χ1) is 18.4. The lowest BCUT2D eigenvalue weighted by Gasteiger charge is -2.25. The van der Waals surface area contributed by atoms with Gasteiger partial charge in [0.2, 0.25) is 11.9 Å². The molecule has 6 rings (SSSR count). The Morgan fingerprint density at radius 1 is 1.21 bits per heavy atom. The summed E-state index contributed by atoms with van der Waals surface area (Å²) in [5.41, 5.74) is 1.20. The summed E-state index contributed by atoms with van der Waals surface area (Å²) in [6, 6.07) is 1.24. The number of carbonyl (C=O) groups excluding carboxylic acids is 2. The Labute approximate surface area is 222 Å². The molecule has 3 aliphatic carbocycles. The second kappa shape index (κ2) is 10.1. The molecule has 3 aromatic rings. The first-order valence-electron chi connectivity index (χ1n) is 13.1. The Hall–Kier alpha value is -3.35. The van der Waals surface area contributed by atoms with E-state index in [0.717, 1.165) is 55.4 Å². The second-order valence-electron chi connectivity index (χ2n) is 10.4. The van der Waals surface area contributed by atoms with Crippen LogP contribution in [0.5, 0.6) is 0 Å². The van der Waals surface area contributed by atoms with Gasteiger partial charge in [0.05, 0.1) is 5.56 Å². The number of carbonyl (C=O) groups is 2. The van der Waals surface area contributed by atoms with Gasteiger partial charge in [0, 0.05) is 36.5 Å². The van der Waals surface area contributed by atoms with E-state index in [1.807, 2.05) is 4.57 Å². The minimum absolute atomic E-state index is 0.00715. The van der Waals surface area contributed by atoms with Crippen molar-refractivity contribution in [1.82, 2.24) is 29.9 Å². The molecule has 3 heterocycles. The fraction of sp³-hybridized carbons (Fsp3) is 0.560. The lowest BCUT2D eigenvalue weighted by atomic mass is 9.85. The van der Waals surface area contributed by atoms with Gasteiger partial charge in [0.1, 0.15) is 22.8 Å². The normalized spacial score (nSPS) is 19.2. The molecule has 2 fully saturated rings. The number of hydrogen-bond donors (Lipinski definition) is 3. The Morgan fingerprint density at radius 3 is 2.71 bits per heavy atom. The van der Waals surface area contributed by atoms with E-state index >= 15 is 0 Å². The van der Waals surface area contributed by atoms with Crippen LogP contribution in [0.3, 0.4) is 0 Å². The summed E-state index contributed by atoms with van der Waals surface area (Å²) < 4.78 is 29.4. The van der Waals surface area contributed by atoms with Gasteiger partial charge in [-0.3, -0.25) is 18.8 Å². The predicted molar refractivity (Wildman–Crippen MR) is 138 cm³/mol. The monoisotopic (exact) mass is 544 g/mol. The molecular weight excluding hydrogens is 514 g/mol. The number of fused-ring (bicyclic) bond motifs is 1. The maximum absolute atomic E-state index is 13.4. The smallest absolute Gasteiger partial charge is 0.282 e. The molecule has 1 atom stereocenters. The number of halogens is 2. The van der Waals surface area contributed by atoms with Gasteiger partial charge < -0.3 is 16.0 Å². The lowest BCUT2D eigenvalue weighted by molar-refractivity contribution is -0.122. The summed E-state index contributed by atoms with van der Waals surface area (Å²) in [5, 5.41) is 21.9. The number of aromatic nitrogens is 5. The molecule has 3 N–H and O–H groups in total. The Balaban J connectivity index is 1.25. The maximum atomic E-state index is 13.4. The molecule has 0 saturated heterocycles. The number of hydrogen-bond acceptors (Lipinski definition) is 7. The summed E-state index contributed by atoms with van der Waals surface area (Å²) in [5.74, 6) is 1.20. The number of nitrogens with zero attached hydrogens (tertiary/aromatic N) is 5. The van der Waals surface area contributed by atoms with Gasteiger partial charge in [-0.25, -0.2) is 8.78 Å². The van der Waals surface area contributed by atoms with Gasteiger partial charge in [0.15, 0.2) is 0 Å². The fourth-order valence-corrected chi connectivity index (χ4v) is 6.33. The van der Waals surface area contributed by atoms with Crippen LogP contribution in [-0.4, -0.2) is 42.9 Å². The van der Waals surface area contributed by atoms with E-state index in [2.05, 4.69) is 31.2 Å². The molecule has 0 radical (unpaired) electrons. The number of thiophene rings is 1. The number of amides is 2. The molecular formula is C25H30F2N8O2S. The minimum Gasteiger partial charge on any atom is -0.352 e. The summed E-state index contributed by atoms with van der Waals surface area (Å²) in [7, 11) is 1.58. The van der Waals surface area contributed by atoms with Crippen molar-refractivity contribution >= 4 is 39.9 Å². The third kappa shape index (κ3) is 4.91. The van der Waals surface area contributed by atoms with Gasteiger partial charge in [-0.15, -0.1) is 21.5 Å². The first-order valence-corrected chi connectivity index (χ1v) is 13.9. The zero-order chi connectivity index (χ0) is 26.4. The van der Waals surface area contributed by atoms with Crippen LogP contribution in [0.4, 0.5) is 25.5 Å². The number of nitrogens with one attached hydrogen (secondary N) is 3. The van der Waals surface area contributed by atoms with E-state index in [1.165, 1.54) is 22.1 Å². The van der Waals surface area contributed by atoms with Crippen LogP contribution in [0, 0.1) is 11.8 Å². The highest BCUT2D eigenvalue weighted by Gasteiger charge is 2.34. The Bertz CT molecular complexity index is 1360. The van der Waals surface area contributed by atoms with Crippen LogP contribution >= 0.6 is 11.3 Å². The van der Waals surface area contributed by atoms with E-state index in [0.29, 0.717) is 41.2 Å².